The normalized spacial score (nSPS) is 19.1. The van der Waals surface area contributed by atoms with Crippen molar-refractivity contribution in [1.29, 1.82) is 0 Å². The molecule has 1 aromatic carbocycles. The zero-order valence-corrected chi connectivity index (χ0v) is 11.0. The van der Waals surface area contributed by atoms with Crippen molar-refractivity contribution < 1.29 is 4.39 Å². The van der Waals surface area contributed by atoms with Gasteiger partial charge in [-0.1, -0.05) is 6.07 Å². The van der Waals surface area contributed by atoms with Gasteiger partial charge in [-0.2, -0.15) is 0 Å². The maximum atomic E-state index is 13.0. The summed E-state index contributed by atoms with van der Waals surface area (Å²) in [5.41, 5.74) is 7.60. The SMILES string of the molecule is Cl.Cl.NCc1cc(F)ccc1[C@H]1CNCCN1. The van der Waals surface area contributed by atoms with Crippen LogP contribution in [0.15, 0.2) is 18.2 Å². The van der Waals surface area contributed by atoms with Crippen LogP contribution in [0.5, 0.6) is 0 Å². The number of hydrogen-bond acceptors (Lipinski definition) is 3. The van der Waals surface area contributed by atoms with E-state index in [0.717, 1.165) is 30.8 Å². The van der Waals surface area contributed by atoms with Gasteiger partial charge in [0.2, 0.25) is 0 Å². The molecule has 2 rings (SSSR count). The summed E-state index contributed by atoms with van der Waals surface area (Å²) in [6.07, 6.45) is 0. The quantitative estimate of drug-likeness (QED) is 0.767. The van der Waals surface area contributed by atoms with Gasteiger partial charge in [0.05, 0.1) is 0 Å². The van der Waals surface area contributed by atoms with Crippen molar-refractivity contribution >= 4 is 24.8 Å². The Morgan fingerprint density at radius 2 is 2.06 bits per heavy atom. The van der Waals surface area contributed by atoms with Crippen molar-refractivity contribution in [3.8, 4) is 0 Å². The van der Waals surface area contributed by atoms with Crippen molar-refractivity contribution in [3.05, 3.63) is 35.1 Å². The molecule has 0 bridgehead atoms. The molecule has 1 heterocycles. The predicted molar refractivity (Wildman–Crippen MR) is 72.4 cm³/mol. The fourth-order valence-electron chi connectivity index (χ4n) is 1.96. The summed E-state index contributed by atoms with van der Waals surface area (Å²) < 4.78 is 13.0. The highest BCUT2D eigenvalue weighted by molar-refractivity contribution is 5.85. The molecular weight excluding hydrogens is 264 g/mol. The Morgan fingerprint density at radius 1 is 1.29 bits per heavy atom. The minimum absolute atomic E-state index is 0. The number of hydrogen-bond donors (Lipinski definition) is 3. The molecule has 1 aliphatic rings. The maximum absolute atomic E-state index is 13.0. The molecule has 0 unspecified atom stereocenters. The first-order valence-electron chi connectivity index (χ1n) is 5.24. The Kier molecular flexibility index (Phi) is 7.66. The van der Waals surface area contributed by atoms with Gasteiger partial charge in [-0.05, 0) is 23.3 Å². The Morgan fingerprint density at radius 3 is 2.65 bits per heavy atom. The average molecular weight is 282 g/mol. The highest BCUT2D eigenvalue weighted by Crippen LogP contribution is 2.19. The van der Waals surface area contributed by atoms with E-state index in [1.807, 2.05) is 6.07 Å². The van der Waals surface area contributed by atoms with Gasteiger partial charge in [0.25, 0.3) is 0 Å². The van der Waals surface area contributed by atoms with Gasteiger partial charge in [0.1, 0.15) is 5.82 Å². The second kappa shape index (κ2) is 7.84. The van der Waals surface area contributed by atoms with E-state index in [9.17, 15) is 4.39 Å². The summed E-state index contributed by atoms with van der Waals surface area (Å²) in [5.74, 6) is -0.219. The molecule has 0 aromatic heterocycles. The van der Waals surface area contributed by atoms with Crippen LogP contribution in [0.4, 0.5) is 4.39 Å². The Balaban J connectivity index is 0.00000128. The molecule has 1 atom stereocenters. The first kappa shape index (κ1) is 16.6. The number of nitrogens with one attached hydrogen (secondary N) is 2. The summed E-state index contributed by atoms with van der Waals surface area (Å²) in [6.45, 7) is 3.17. The minimum atomic E-state index is -0.219. The van der Waals surface area contributed by atoms with Crippen LogP contribution in [0.25, 0.3) is 0 Å². The third-order valence-corrected chi connectivity index (χ3v) is 2.74. The van der Waals surface area contributed by atoms with Crippen LogP contribution in [0.3, 0.4) is 0 Å². The van der Waals surface area contributed by atoms with E-state index in [0.29, 0.717) is 6.54 Å². The Labute approximate surface area is 113 Å². The summed E-state index contributed by atoms with van der Waals surface area (Å²) in [5, 5.41) is 6.69. The smallest absolute Gasteiger partial charge is 0.123 e. The molecule has 1 saturated heterocycles. The van der Waals surface area contributed by atoms with Crippen LogP contribution in [0.1, 0.15) is 17.2 Å². The summed E-state index contributed by atoms with van der Waals surface area (Å²) in [7, 11) is 0. The monoisotopic (exact) mass is 281 g/mol. The zero-order valence-electron chi connectivity index (χ0n) is 9.41. The molecule has 1 fully saturated rings. The predicted octanol–water partition coefficient (Wildman–Crippen LogP) is 1.36. The van der Waals surface area contributed by atoms with Crippen LogP contribution in [0, 0.1) is 5.82 Å². The second-order valence-electron chi connectivity index (χ2n) is 3.76. The topological polar surface area (TPSA) is 50.1 Å². The van der Waals surface area contributed by atoms with E-state index < -0.39 is 0 Å². The number of rotatable bonds is 2. The highest BCUT2D eigenvalue weighted by atomic mass is 35.5. The molecule has 1 aromatic rings. The molecule has 4 N–H and O–H groups in total. The van der Waals surface area contributed by atoms with Gasteiger partial charge in [0, 0.05) is 32.2 Å². The Hall–Kier alpha value is -0.390. The van der Waals surface area contributed by atoms with Gasteiger partial charge in [-0.3, -0.25) is 0 Å². The van der Waals surface area contributed by atoms with Gasteiger partial charge in [0.15, 0.2) is 0 Å². The number of benzene rings is 1. The van der Waals surface area contributed by atoms with E-state index in [4.69, 9.17) is 5.73 Å². The molecule has 0 radical (unpaired) electrons. The molecule has 98 valence electrons. The molecule has 0 saturated carbocycles. The maximum Gasteiger partial charge on any atom is 0.123 e. The van der Waals surface area contributed by atoms with Crippen molar-refractivity contribution in [2.24, 2.45) is 5.73 Å². The molecule has 17 heavy (non-hydrogen) atoms. The average Bonchev–Trinajstić information content (AvgIpc) is 2.30. The van der Waals surface area contributed by atoms with Gasteiger partial charge >= 0.3 is 0 Å². The van der Waals surface area contributed by atoms with Crippen molar-refractivity contribution in [3.63, 3.8) is 0 Å². The fourth-order valence-corrected chi connectivity index (χ4v) is 1.96. The molecule has 6 heteroatoms. The first-order chi connectivity index (χ1) is 7.31. The summed E-state index contributed by atoms with van der Waals surface area (Å²) >= 11 is 0. The second-order valence-corrected chi connectivity index (χ2v) is 3.76. The fraction of sp³-hybridized carbons (Fsp3) is 0.455. The van der Waals surface area contributed by atoms with E-state index in [1.54, 1.807) is 0 Å². The largest absolute Gasteiger partial charge is 0.326 e. The van der Waals surface area contributed by atoms with Crippen LogP contribution >= 0.6 is 24.8 Å². The van der Waals surface area contributed by atoms with Crippen LogP contribution in [0.2, 0.25) is 0 Å². The van der Waals surface area contributed by atoms with Gasteiger partial charge < -0.3 is 16.4 Å². The molecule has 3 nitrogen and oxygen atoms in total. The standard InChI is InChI=1S/C11H16FN3.2ClH/c12-9-1-2-10(8(5-9)6-13)11-7-14-3-4-15-11;;/h1-2,5,11,14-15H,3-4,6-7,13H2;2*1H/t11-;;/m1../s1. The van der Waals surface area contributed by atoms with E-state index >= 15 is 0 Å². The van der Waals surface area contributed by atoms with E-state index in [1.165, 1.54) is 12.1 Å². The van der Waals surface area contributed by atoms with Crippen molar-refractivity contribution in [2.75, 3.05) is 19.6 Å². The number of piperazine rings is 1. The lowest BCUT2D eigenvalue weighted by atomic mass is 9.99. The van der Waals surface area contributed by atoms with E-state index in [-0.39, 0.29) is 36.7 Å². The first-order valence-corrected chi connectivity index (χ1v) is 5.24. The van der Waals surface area contributed by atoms with Gasteiger partial charge in [-0.15, -0.1) is 24.8 Å². The summed E-state index contributed by atoms with van der Waals surface area (Å²) in [6, 6.07) is 5.08. The van der Waals surface area contributed by atoms with Crippen molar-refractivity contribution in [2.45, 2.75) is 12.6 Å². The van der Waals surface area contributed by atoms with Crippen LogP contribution in [-0.2, 0) is 6.54 Å². The van der Waals surface area contributed by atoms with Crippen LogP contribution in [-0.4, -0.2) is 19.6 Å². The Bertz CT molecular complexity index is 343. The third-order valence-electron chi connectivity index (χ3n) is 2.74. The van der Waals surface area contributed by atoms with Gasteiger partial charge in [-0.25, -0.2) is 4.39 Å². The lowest BCUT2D eigenvalue weighted by Gasteiger charge is -2.26. The van der Waals surface area contributed by atoms with Crippen molar-refractivity contribution in [1.82, 2.24) is 10.6 Å². The number of nitrogens with two attached hydrogens (primary N) is 1. The molecule has 1 aliphatic heterocycles. The van der Waals surface area contributed by atoms with E-state index in [2.05, 4.69) is 10.6 Å². The lowest BCUT2D eigenvalue weighted by Crippen LogP contribution is -2.43. The third kappa shape index (κ3) is 4.08. The minimum Gasteiger partial charge on any atom is -0.326 e. The number of halogens is 3. The molecule has 0 amide bonds. The van der Waals surface area contributed by atoms with Crippen LogP contribution < -0.4 is 16.4 Å². The summed E-state index contributed by atoms with van der Waals surface area (Å²) in [4.78, 5) is 0. The zero-order chi connectivity index (χ0) is 10.7. The highest BCUT2D eigenvalue weighted by Gasteiger charge is 2.17. The lowest BCUT2D eigenvalue weighted by molar-refractivity contribution is 0.427. The molecule has 0 aliphatic carbocycles. The molecule has 0 spiro atoms. The molecular formula is C11H18Cl2FN3.